The van der Waals surface area contributed by atoms with Crippen LogP contribution in [-0.4, -0.2) is 37.2 Å². The lowest BCUT2D eigenvalue weighted by Gasteiger charge is -2.18. The minimum absolute atomic E-state index is 0.0957. The summed E-state index contributed by atoms with van der Waals surface area (Å²) in [5, 5.41) is 0. The second-order valence-electron chi connectivity index (χ2n) is 13.8. The van der Waals surface area contributed by atoms with Crippen molar-refractivity contribution in [1.82, 2.24) is 0 Å². The van der Waals surface area contributed by atoms with Gasteiger partial charge in [0.1, 0.15) is 13.2 Å². The zero-order chi connectivity index (χ0) is 38.0. The highest BCUT2D eigenvalue weighted by Crippen LogP contribution is 2.13. The first-order valence-corrected chi connectivity index (χ1v) is 21.3. The van der Waals surface area contributed by atoms with Gasteiger partial charge in [-0.2, -0.15) is 0 Å². The second-order valence-corrected chi connectivity index (χ2v) is 13.8. The Kier molecular flexibility index (Phi) is 38.6. The Morgan fingerprint density at radius 1 is 0.404 bits per heavy atom. The Morgan fingerprint density at radius 3 is 1.21 bits per heavy atom. The summed E-state index contributed by atoms with van der Waals surface area (Å²) in [7, 11) is 0. The zero-order valence-corrected chi connectivity index (χ0v) is 33.8. The van der Waals surface area contributed by atoms with Crippen LogP contribution in [0, 0.1) is 0 Å². The average molecular weight is 727 g/mol. The summed E-state index contributed by atoms with van der Waals surface area (Å²) in [6, 6.07) is 0. The summed E-state index contributed by atoms with van der Waals surface area (Å²) in [6.45, 7) is 6.32. The van der Waals surface area contributed by atoms with E-state index in [1.54, 1.807) is 0 Å². The molecule has 0 heterocycles. The molecule has 1 atom stereocenters. The van der Waals surface area contributed by atoms with Gasteiger partial charge in [-0.05, 0) is 77.0 Å². The molecule has 298 valence electrons. The highest BCUT2D eigenvalue weighted by Gasteiger charge is 2.19. The quantitative estimate of drug-likeness (QED) is 0.0274. The van der Waals surface area contributed by atoms with Gasteiger partial charge in [0.25, 0.3) is 0 Å². The van der Waals surface area contributed by atoms with Crippen LogP contribution < -0.4 is 0 Å². The minimum atomic E-state index is -0.790. The Labute approximate surface area is 320 Å². The van der Waals surface area contributed by atoms with Crippen molar-refractivity contribution in [3.05, 3.63) is 60.8 Å². The van der Waals surface area contributed by atoms with E-state index in [0.717, 1.165) is 103 Å². The van der Waals surface area contributed by atoms with Gasteiger partial charge in [0.2, 0.25) is 0 Å². The summed E-state index contributed by atoms with van der Waals surface area (Å²) in [5.41, 5.74) is 0. The highest BCUT2D eigenvalue weighted by atomic mass is 16.6. The maximum Gasteiger partial charge on any atom is 0.306 e. The molecule has 0 aromatic carbocycles. The molecular formula is C46H78O6. The summed E-state index contributed by atoms with van der Waals surface area (Å²) in [4.78, 5) is 37.5. The van der Waals surface area contributed by atoms with Gasteiger partial charge >= 0.3 is 17.9 Å². The van der Waals surface area contributed by atoms with E-state index in [9.17, 15) is 14.4 Å². The van der Waals surface area contributed by atoms with Crippen LogP contribution in [-0.2, 0) is 28.6 Å². The van der Waals surface area contributed by atoms with Gasteiger partial charge in [-0.25, -0.2) is 0 Å². The highest BCUT2D eigenvalue weighted by molar-refractivity contribution is 5.71. The molecule has 0 aliphatic rings. The van der Waals surface area contributed by atoms with Gasteiger partial charge in [0.15, 0.2) is 6.10 Å². The smallest absolute Gasteiger partial charge is 0.306 e. The van der Waals surface area contributed by atoms with E-state index in [0.29, 0.717) is 19.3 Å². The molecule has 0 aromatic heterocycles. The first-order chi connectivity index (χ1) is 25.5. The third-order valence-corrected chi connectivity index (χ3v) is 8.77. The minimum Gasteiger partial charge on any atom is -0.462 e. The van der Waals surface area contributed by atoms with Crippen molar-refractivity contribution < 1.29 is 28.6 Å². The number of allylic oxidation sites excluding steroid dienone is 10. The van der Waals surface area contributed by atoms with E-state index in [1.807, 2.05) is 0 Å². The van der Waals surface area contributed by atoms with Crippen molar-refractivity contribution in [2.45, 2.75) is 200 Å². The van der Waals surface area contributed by atoms with Gasteiger partial charge in [0.05, 0.1) is 0 Å². The van der Waals surface area contributed by atoms with Crippen molar-refractivity contribution in [3.8, 4) is 0 Å². The van der Waals surface area contributed by atoms with Crippen LogP contribution in [0.2, 0.25) is 0 Å². The number of ether oxygens (including phenoxy) is 3. The number of esters is 3. The Bertz CT molecular complexity index is 975. The van der Waals surface area contributed by atoms with E-state index in [4.69, 9.17) is 14.2 Å². The summed E-state index contributed by atoms with van der Waals surface area (Å²) >= 11 is 0. The summed E-state index contributed by atoms with van der Waals surface area (Å²) < 4.78 is 16.6. The Hall–Kier alpha value is -2.89. The number of rotatable bonds is 37. The van der Waals surface area contributed by atoms with E-state index in [1.165, 1.54) is 51.4 Å². The molecule has 0 aliphatic heterocycles. The summed E-state index contributed by atoms with van der Waals surface area (Å²) in [5.74, 6) is -0.960. The SMILES string of the molecule is CC/C=C\C/C=C\C/C=C\CCCCCCC(=O)OCC(COC(=O)CCCC/C=C\C/C=C\CC)OC(=O)CCCCCCCCCCCCC. The Balaban J connectivity index is 4.43. The molecular weight excluding hydrogens is 648 g/mol. The third-order valence-electron chi connectivity index (χ3n) is 8.77. The number of carbonyl (C=O) groups is 3. The molecule has 0 aromatic rings. The monoisotopic (exact) mass is 727 g/mol. The molecule has 0 radical (unpaired) electrons. The molecule has 52 heavy (non-hydrogen) atoms. The van der Waals surface area contributed by atoms with Crippen molar-refractivity contribution in [2.24, 2.45) is 0 Å². The molecule has 0 fully saturated rings. The van der Waals surface area contributed by atoms with Crippen LogP contribution in [0.15, 0.2) is 60.8 Å². The molecule has 0 amide bonds. The van der Waals surface area contributed by atoms with Crippen molar-refractivity contribution in [3.63, 3.8) is 0 Å². The molecule has 0 saturated carbocycles. The fraction of sp³-hybridized carbons (Fsp3) is 0.717. The molecule has 0 saturated heterocycles. The third kappa shape index (κ3) is 38.3. The normalized spacial score (nSPS) is 12.6. The first kappa shape index (κ1) is 49.1. The number of unbranched alkanes of at least 4 members (excludes halogenated alkanes) is 16. The lowest BCUT2D eigenvalue weighted by molar-refractivity contribution is -0.167. The lowest BCUT2D eigenvalue weighted by atomic mass is 10.1. The summed E-state index contributed by atoms with van der Waals surface area (Å²) in [6.07, 6.45) is 47.8. The van der Waals surface area contributed by atoms with Gasteiger partial charge < -0.3 is 14.2 Å². The van der Waals surface area contributed by atoms with E-state index < -0.39 is 6.10 Å². The topological polar surface area (TPSA) is 78.9 Å². The average Bonchev–Trinajstić information content (AvgIpc) is 3.14. The molecule has 6 heteroatoms. The van der Waals surface area contributed by atoms with Crippen molar-refractivity contribution in [2.75, 3.05) is 13.2 Å². The van der Waals surface area contributed by atoms with Crippen LogP contribution in [0.4, 0.5) is 0 Å². The first-order valence-electron chi connectivity index (χ1n) is 21.3. The van der Waals surface area contributed by atoms with Crippen molar-refractivity contribution >= 4 is 17.9 Å². The zero-order valence-electron chi connectivity index (χ0n) is 33.8. The fourth-order valence-electron chi connectivity index (χ4n) is 5.61. The maximum atomic E-state index is 12.7. The fourth-order valence-corrected chi connectivity index (χ4v) is 5.61. The predicted octanol–water partition coefficient (Wildman–Crippen LogP) is 13.4. The molecule has 0 bridgehead atoms. The number of hydrogen-bond donors (Lipinski definition) is 0. The van der Waals surface area contributed by atoms with Gasteiger partial charge in [-0.1, -0.05) is 159 Å². The van der Waals surface area contributed by atoms with E-state index >= 15 is 0 Å². The van der Waals surface area contributed by atoms with E-state index in [-0.39, 0.29) is 31.1 Å². The molecule has 6 nitrogen and oxygen atoms in total. The van der Waals surface area contributed by atoms with Crippen LogP contribution in [0.25, 0.3) is 0 Å². The molecule has 0 aliphatic carbocycles. The molecule has 1 unspecified atom stereocenters. The number of hydrogen-bond acceptors (Lipinski definition) is 6. The molecule has 0 N–H and O–H groups in total. The second kappa shape index (κ2) is 40.9. The van der Waals surface area contributed by atoms with Gasteiger partial charge in [-0.3, -0.25) is 14.4 Å². The van der Waals surface area contributed by atoms with Gasteiger partial charge in [-0.15, -0.1) is 0 Å². The molecule has 0 rings (SSSR count). The predicted molar refractivity (Wildman–Crippen MR) is 219 cm³/mol. The molecule has 0 spiro atoms. The maximum absolute atomic E-state index is 12.7. The Morgan fingerprint density at radius 2 is 0.750 bits per heavy atom. The standard InChI is InChI=1S/C46H78O6/c1-4-7-10-13-16-19-21-22-23-25-27-30-33-36-39-45(48)51-42-43(41-50-44(47)38-35-32-29-26-18-15-12-9-6-3)52-46(49)40-37-34-31-28-24-20-17-14-11-8-5-2/h7,9-10,12,16,18-19,22-23,26,43H,4-6,8,11,13-15,17,20-21,24-25,27-42H2,1-3H3/b10-7-,12-9-,19-16-,23-22-,26-18-. The van der Waals surface area contributed by atoms with Crippen molar-refractivity contribution in [1.29, 1.82) is 0 Å². The van der Waals surface area contributed by atoms with Crippen LogP contribution in [0.5, 0.6) is 0 Å². The lowest BCUT2D eigenvalue weighted by Crippen LogP contribution is -2.30. The van der Waals surface area contributed by atoms with Gasteiger partial charge in [0, 0.05) is 19.3 Å². The van der Waals surface area contributed by atoms with Crippen LogP contribution >= 0.6 is 0 Å². The van der Waals surface area contributed by atoms with Crippen LogP contribution in [0.1, 0.15) is 194 Å². The largest absolute Gasteiger partial charge is 0.462 e. The number of carbonyl (C=O) groups excluding carboxylic acids is 3. The van der Waals surface area contributed by atoms with E-state index in [2.05, 4.69) is 81.5 Å². The van der Waals surface area contributed by atoms with Crippen LogP contribution in [0.3, 0.4) is 0 Å².